The molecule has 4 nitrogen and oxygen atoms in total. The van der Waals surface area contributed by atoms with E-state index in [0.29, 0.717) is 0 Å². The zero-order chi connectivity index (χ0) is 9.15. The summed E-state index contributed by atoms with van der Waals surface area (Å²) in [6.07, 6.45) is 0. The van der Waals surface area contributed by atoms with Gasteiger partial charge in [-0.3, -0.25) is 4.79 Å². The van der Waals surface area contributed by atoms with Gasteiger partial charge in [-0.2, -0.15) is 0 Å². The second-order valence-electron chi connectivity index (χ2n) is 1.43. The smallest absolute Gasteiger partial charge is 0.300 e. The fourth-order valence-electron chi connectivity index (χ4n) is 0. The van der Waals surface area contributed by atoms with Crippen molar-refractivity contribution in [3.63, 3.8) is 0 Å². The van der Waals surface area contributed by atoms with E-state index in [1.54, 1.807) is 0 Å². The average Bonchev–Trinajstić information content (AvgIpc) is 1.66. The van der Waals surface area contributed by atoms with Gasteiger partial charge >= 0.3 is 0 Å². The molecular formula is C6H15ClO4. The molecule has 11 heavy (non-hydrogen) atoms. The minimum Gasteiger partial charge on any atom is -0.481 e. The third-order valence-electron chi connectivity index (χ3n) is 0. The molecule has 0 aromatic rings. The van der Waals surface area contributed by atoms with Crippen LogP contribution in [-0.4, -0.2) is 29.1 Å². The van der Waals surface area contributed by atoms with Crippen LogP contribution in [0.3, 0.4) is 0 Å². The Kier molecular flexibility index (Phi) is 46.4. The van der Waals surface area contributed by atoms with E-state index in [0.717, 1.165) is 14.0 Å². The second-order valence-corrected chi connectivity index (χ2v) is 1.43. The SMILES string of the molecule is CC(=O)O.CC(C)=O.CO.Cl. The number of aliphatic carboxylic acids is 1. The van der Waals surface area contributed by atoms with Gasteiger partial charge in [0.1, 0.15) is 5.78 Å². The molecule has 0 atom stereocenters. The van der Waals surface area contributed by atoms with Gasteiger partial charge in [-0.1, -0.05) is 0 Å². The Morgan fingerprint density at radius 1 is 1.00 bits per heavy atom. The van der Waals surface area contributed by atoms with Crippen LogP contribution < -0.4 is 0 Å². The minimum atomic E-state index is -0.833. The third-order valence-corrected chi connectivity index (χ3v) is 0. The molecule has 0 aromatic heterocycles. The van der Waals surface area contributed by atoms with Gasteiger partial charge in [0.15, 0.2) is 0 Å². The number of carboxylic acids is 1. The zero-order valence-electron chi connectivity index (χ0n) is 7.12. The first-order chi connectivity index (χ1) is 4.46. The molecule has 0 unspecified atom stereocenters. The number of hydrogen-bond acceptors (Lipinski definition) is 3. The van der Waals surface area contributed by atoms with Crippen molar-refractivity contribution in [3.05, 3.63) is 0 Å². The number of rotatable bonds is 0. The molecule has 70 valence electrons. The number of carbonyl (C=O) groups is 2. The predicted octanol–water partition coefficient (Wildman–Crippen LogP) is 0.716. The highest BCUT2D eigenvalue weighted by atomic mass is 35.5. The van der Waals surface area contributed by atoms with E-state index in [-0.39, 0.29) is 18.2 Å². The molecule has 0 saturated heterocycles. The highest BCUT2D eigenvalue weighted by molar-refractivity contribution is 5.85. The van der Waals surface area contributed by atoms with Crippen LogP contribution >= 0.6 is 12.4 Å². The first kappa shape index (κ1) is 22.4. The number of halogens is 1. The molecule has 0 aliphatic rings. The summed E-state index contributed by atoms with van der Waals surface area (Å²) in [6.45, 7) is 4.14. The Morgan fingerprint density at radius 3 is 1.00 bits per heavy atom. The number of carbonyl (C=O) groups excluding carboxylic acids is 1. The number of aliphatic hydroxyl groups excluding tert-OH is 1. The summed E-state index contributed by atoms with van der Waals surface area (Å²) in [4.78, 5) is 18.4. The maximum absolute atomic E-state index is 9.44. The summed E-state index contributed by atoms with van der Waals surface area (Å²) in [6, 6.07) is 0. The van der Waals surface area contributed by atoms with Gasteiger partial charge in [-0.15, -0.1) is 12.4 Å². The number of Topliss-reactive ketones (excluding diaryl/α,β-unsaturated/α-hetero) is 1. The number of carboxylic acid groups (broad SMARTS) is 1. The van der Waals surface area contributed by atoms with E-state index in [1.807, 2.05) is 0 Å². The highest BCUT2D eigenvalue weighted by Crippen LogP contribution is 1.50. The molecule has 0 aromatic carbocycles. The van der Waals surface area contributed by atoms with Gasteiger partial charge < -0.3 is 15.0 Å². The molecule has 0 aliphatic heterocycles. The molecule has 0 radical (unpaired) electrons. The summed E-state index contributed by atoms with van der Waals surface area (Å²) in [7, 11) is 1.00. The highest BCUT2D eigenvalue weighted by Gasteiger charge is 1.65. The maximum atomic E-state index is 9.44. The molecule has 0 saturated carbocycles. The van der Waals surface area contributed by atoms with Crippen LogP contribution in [0.15, 0.2) is 0 Å². The van der Waals surface area contributed by atoms with Crippen LogP contribution in [0, 0.1) is 0 Å². The van der Waals surface area contributed by atoms with E-state index in [1.165, 1.54) is 13.8 Å². The fraction of sp³-hybridized carbons (Fsp3) is 0.667. The molecular weight excluding hydrogens is 172 g/mol. The third kappa shape index (κ3) is 1380. The zero-order valence-corrected chi connectivity index (χ0v) is 7.94. The molecule has 2 N–H and O–H groups in total. The first-order valence-corrected chi connectivity index (χ1v) is 2.58. The van der Waals surface area contributed by atoms with Crippen LogP contribution in [0.1, 0.15) is 20.8 Å². The standard InChI is InChI=1S/C3H6O.C2H4O2.CH4O.ClH/c1-3(2)4;1-2(3)4;1-2;/h1-2H3;1H3,(H,3,4);2H,1H3;1H. The number of ketones is 1. The van der Waals surface area contributed by atoms with E-state index in [4.69, 9.17) is 15.0 Å². The molecule has 5 heteroatoms. The van der Waals surface area contributed by atoms with Crippen molar-refractivity contribution in [3.8, 4) is 0 Å². The normalized spacial score (nSPS) is 5.18. The van der Waals surface area contributed by atoms with E-state index in [9.17, 15) is 4.79 Å². The maximum Gasteiger partial charge on any atom is 0.300 e. The van der Waals surface area contributed by atoms with Crippen molar-refractivity contribution in [2.75, 3.05) is 7.11 Å². The predicted molar refractivity (Wildman–Crippen MR) is 45.1 cm³/mol. The van der Waals surface area contributed by atoms with Crippen LogP contribution in [0.4, 0.5) is 0 Å². The van der Waals surface area contributed by atoms with Gasteiger partial charge in [0.2, 0.25) is 0 Å². The summed E-state index contributed by atoms with van der Waals surface area (Å²) in [5.74, 6) is -0.667. The van der Waals surface area contributed by atoms with Crippen LogP contribution in [-0.2, 0) is 9.59 Å². The van der Waals surface area contributed by atoms with Crippen molar-refractivity contribution in [2.45, 2.75) is 20.8 Å². The lowest BCUT2D eigenvalue weighted by Gasteiger charge is -1.59. The van der Waals surface area contributed by atoms with Crippen molar-refractivity contribution < 1.29 is 19.8 Å². The topological polar surface area (TPSA) is 74.6 Å². The van der Waals surface area contributed by atoms with Gasteiger partial charge in [-0.05, 0) is 13.8 Å². The molecule has 0 amide bonds. The lowest BCUT2D eigenvalue weighted by molar-refractivity contribution is -0.134. The van der Waals surface area contributed by atoms with E-state index in [2.05, 4.69) is 0 Å². The van der Waals surface area contributed by atoms with Crippen molar-refractivity contribution in [1.82, 2.24) is 0 Å². The van der Waals surface area contributed by atoms with Crippen LogP contribution in [0.2, 0.25) is 0 Å². The molecule has 0 fully saturated rings. The number of hydrogen-bond donors (Lipinski definition) is 2. The average molecular weight is 187 g/mol. The van der Waals surface area contributed by atoms with E-state index < -0.39 is 5.97 Å². The molecule has 0 bridgehead atoms. The van der Waals surface area contributed by atoms with Gasteiger partial charge in [0, 0.05) is 14.0 Å². The molecule has 0 heterocycles. The second kappa shape index (κ2) is 22.8. The Bertz CT molecular complexity index is 72.6. The lowest BCUT2D eigenvalue weighted by atomic mass is 10.6. The monoisotopic (exact) mass is 186 g/mol. The first-order valence-electron chi connectivity index (χ1n) is 2.58. The van der Waals surface area contributed by atoms with Crippen LogP contribution in [0.5, 0.6) is 0 Å². The van der Waals surface area contributed by atoms with Gasteiger partial charge in [-0.25, -0.2) is 0 Å². The number of aliphatic hydroxyl groups is 1. The Labute approximate surface area is 72.6 Å². The molecule has 0 rings (SSSR count). The molecule has 0 aliphatic carbocycles. The Balaban J connectivity index is -0.0000000339. The summed E-state index contributed by atoms with van der Waals surface area (Å²) in [5, 5.41) is 14.4. The lowest BCUT2D eigenvalue weighted by Crippen LogP contribution is -1.78. The minimum absolute atomic E-state index is 0. The quantitative estimate of drug-likeness (QED) is 0.585. The van der Waals surface area contributed by atoms with Gasteiger partial charge in [0.05, 0.1) is 0 Å². The molecule has 0 spiro atoms. The van der Waals surface area contributed by atoms with E-state index >= 15 is 0 Å². The Hall–Kier alpha value is -0.610. The van der Waals surface area contributed by atoms with Gasteiger partial charge in [0.25, 0.3) is 5.97 Å². The summed E-state index contributed by atoms with van der Waals surface area (Å²) < 4.78 is 0. The summed E-state index contributed by atoms with van der Waals surface area (Å²) in [5.41, 5.74) is 0. The van der Waals surface area contributed by atoms with Crippen molar-refractivity contribution in [1.29, 1.82) is 0 Å². The van der Waals surface area contributed by atoms with Crippen molar-refractivity contribution in [2.24, 2.45) is 0 Å². The Morgan fingerprint density at radius 2 is 1.00 bits per heavy atom. The largest absolute Gasteiger partial charge is 0.481 e. The van der Waals surface area contributed by atoms with Crippen molar-refractivity contribution >= 4 is 24.2 Å². The van der Waals surface area contributed by atoms with Crippen LogP contribution in [0.25, 0.3) is 0 Å². The summed E-state index contributed by atoms with van der Waals surface area (Å²) >= 11 is 0. The fourth-order valence-corrected chi connectivity index (χ4v) is 0.